The predicted octanol–water partition coefficient (Wildman–Crippen LogP) is 1.92. The van der Waals surface area contributed by atoms with Gasteiger partial charge in [0.2, 0.25) is 0 Å². The molecule has 2 aromatic rings. The van der Waals surface area contributed by atoms with Crippen LogP contribution >= 0.6 is 0 Å². The number of hydrogen-bond acceptors (Lipinski definition) is 5. The summed E-state index contributed by atoms with van der Waals surface area (Å²) in [4.78, 5) is 23.3. The zero-order valence-electron chi connectivity index (χ0n) is 14.4. The molecule has 0 saturated heterocycles. The molecule has 8 heteroatoms. The average Bonchev–Trinajstić information content (AvgIpc) is 2.92. The normalized spacial score (nSPS) is 12.4. The van der Waals surface area contributed by atoms with Gasteiger partial charge in [0.25, 0.3) is 0 Å². The third-order valence-electron chi connectivity index (χ3n) is 3.31. The smallest absolute Gasteiger partial charge is 0.408 e. The Labute approximate surface area is 145 Å². The van der Waals surface area contributed by atoms with Gasteiger partial charge >= 0.3 is 12.1 Å². The third kappa shape index (κ3) is 5.91. The number of hydrogen-bond donors (Lipinski definition) is 3. The number of aromatic amines is 1. The fraction of sp³-hybridized carbons (Fsp3) is 0.412. The summed E-state index contributed by atoms with van der Waals surface area (Å²) in [5.41, 5.74) is 1.54. The van der Waals surface area contributed by atoms with Crippen LogP contribution in [0.1, 0.15) is 37.7 Å². The number of carbonyl (C=O) groups is 2. The zero-order chi connectivity index (χ0) is 18.4. The zero-order valence-corrected chi connectivity index (χ0v) is 14.4. The van der Waals surface area contributed by atoms with E-state index in [1.54, 1.807) is 20.8 Å². The maximum Gasteiger partial charge on any atom is 0.408 e. The highest BCUT2D eigenvalue weighted by molar-refractivity contribution is 5.80. The molecule has 1 aromatic carbocycles. The molecule has 0 aliphatic rings. The van der Waals surface area contributed by atoms with Gasteiger partial charge in [-0.25, -0.2) is 9.59 Å². The van der Waals surface area contributed by atoms with Gasteiger partial charge in [0, 0.05) is 12.8 Å². The van der Waals surface area contributed by atoms with Gasteiger partial charge in [0.05, 0.1) is 11.4 Å². The second kappa shape index (κ2) is 7.78. The van der Waals surface area contributed by atoms with Crippen molar-refractivity contribution in [2.24, 2.45) is 0 Å². The van der Waals surface area contributed by atoms with E-state index in [0.29, 0.717) is 17.8 Å². The quantitative estimate of drug-likeness (QED) is 0.735. The summed E-state index contributed by atoms with van der Waals surface area (Å²) in [5, 5.41) is 22.2. The standard InChI is InChI=1S/C17H22N4O4/c1-17(2,3)25-16(24)18-14(15(22)23)10-13-12(19-21-20-13)9-11-7-5-4-6-8-11/h4-8,14H,9-10H2,1-3H3,(H,18,24)(H,22,23)(H,19,20,21). The molecular formula is C17H22N4O4. The number of ether oxygens (including phenoxy) is 1. The van der Waals surface area contributed by atoms with Gasteiger partial charge in [0.15, 0.2) is 0 Å². The lowest BCUT2D eigenvalue weighted by Gasteiger charge is -2.21. The number of nitrogens with zero attached hydrogens (tertiary/aromatic N) is 2. The number of aromatic nitrogens is 3. The topological polar surface area (TPSA) is 117 Å². The molecule has 1 atom stereocenters. The van der Waals surface area contributed by atoms with Crippen molar-refractivity contribution >= 4 is 12.1 Å². The van der Waals surface area contributed by atoms with E-state index < -0.39 is 23.7 Å². The highest BCUT2D eigenvalue weighted by atomic mass is 16.6. The van der Waals surface area contributed by atoms with Crippen LogP contribution < -0.4 is 5.32 Å². The number of nitrogens with one attached hydrogen (secondary N) is 2. The number of alkyl carbamates (subject to hydrolysis) is 1. The van der Waals surface area contributed by atoms with Crippen LogP contribution in [-0.4, -0.2) is 44.2 Å². The number of H-pyrrole nitrogens is 1. The lowest BCUT2D eigenvalue weighted by molar-refractivity contribution is -0.139. The molecule has 1 aromatic heterocycles. The highest BCUT2D eigenvalue weighted by Gasteiger charge is 2.26. The van der Waals surface area contributed by atoms with Crippen LogP contribution in [0.5, 0.6) is 0 Å². The van der Waals surface area contributed by atoms with Crippen molar-refractivity contribution in [1.82, 2.24) is 20.7 Å². The van der Waals surface area contributed by atoms with Crippen molar-refractivity contribution in [3.05, 3.63) is 47.3 Å². The highest BCUT2D eigenvalue weighted by Crippen LogP contribution is 2.12. The maximum absolute atomic E-state index is 11.8. The minimum atomic E-state index is -1.17. The second-order valence-electron chi connectivity index (χ2n) is 6.64. The van der Waals surface area contributed by atoms with Crippen LogP contribution in [0, 0.1) is 0 Å². The lowest BCUT2D eigenvalue weighted by Crippen LogP contribution is -2.44. The molecule has 0 radical (unpaired) electrons. The van der Waals surface area contributed by atoms with Gasteiger partial charge in [-0.2, -0.15) is 0 Å². The molecule has 8 nitrogen and oxygen atoms in total. The Morgan fingerprint density at radius 1 is 1.28 bits per heavy atom. The molecule has 3 N–H and O–H groups in total. The number of benzene rings is 1. The van der Waals surface area contributed by atoms with Crippen molar-refractivity contribution in [2.75, 3.05) is 0 Å². The Kier molecular flexibility index (Phi) is 5.74. The summed E-state index contributed by atoms with van der Waals surface area (Å²) in [6.45, 7) is 5.12. The van der Waals surface area contributed by atoms with Gasteiger partial charge in [-0.1, -0.05) is 35.5 Å². The van der Waals surface area contributed by atoms with E-state index in [-0.39, 0.29) is 6.42 Å². The Morgan fingerprint density at radius 3 is 2.56 bits per heavy atom. The Hall–Kier alpha value is -2.90. The minimum absolute atomic E-state index is 0.00719. The first-order chi connectivity index (χ1) is 11.7. The van der Waals surface area contributed by atoms with Crippen LogP contribution in [0.25, 0.3) is 0 Å². The molecule has 1 amide bonds. The number of carbonyl (C=O) groups excluding carboxylic acids is 1. The van der Waals surface area contributed by atoms with Gasteiger partial charge in [0.1, 0.15) is 11.6 Å². The van der Waals surface area contributed by atoms with Crippen molar-refractivity contribution in [3.8, 4) is 0 Å². The Bertz CT molecular complexity index is 722. The fourth-order valence-electron chi connectivity index (χ4n) is 2.22. The number of carboxylic acid groups (broad SMARTS) is 1. The van der Waals surface area contributed by atoms with E-state index >= 15 is 0 Å². The number of carboxylic acids is 1. The molecule has 1 unspecified atom stereocenters. The molecule has 0 fully saturated rings. The summed E-state index contributed by atoms with van der Waals surface area (Å²) in [6.07, 6.45) is -0.233. The second-order valence-corrected chi connectivity index (χ2v) is 6.64. The van der Waals surface area contributed by atoms with Crippen molar-refractivity contribution in [1.29, 1.82) is 0 Å². The molecule has 134 valence electrons. The minimum Gasteiger partial charge on any atom is -0.480 e. The Balaban J connectivity index is 2.06. The van der Waals surface area contributed by atoms with Crippen LogP contribution in [-0.2, 0) is 22.4 Å². The molecule has 0 aliphatic carbocycles. The van der Waals surface area contributed by atoms with Crippen LogP contribution in [0.2, 0.25) is 0 Å². The monoisotopic (exact) mass is 346 g/mol. The predicted molar refractivity (Wildman–Crippen MR) is 90.1 cm³/mol. The molecule has 0 spiro atoms. The first-order valence-electron chi connectivity index (χ1n) is 7.89. The Morgan fingerprint density at radius 2 is 1.96 bits per heavy atom. The first-order valence-corrected chi connectivity index (χ1v) is 7.89. The summed E-state index contributed by atoms with van der Waals surface area (Å²) in [5.74, 6) is -1.17. The van der Waals surface area contributed by atoms with E-state index in [9.17, 15) is 14.7 Å². The summed E-state index contributed by atoms with van der Waals surface area (Å²) in [7, 11) is 0. The molecule has 0 aliphatic heterocycles. The molecular weight excluding hydrogens is 324 g/mol. The third-order valence-corrected chi connectivity index (χ3v) is 3.31. The maximum atomic E-state index is 11.8. The van der Waals surface area contributed by atoms with E-state index in [1.807, 2.05) is 30.3 Å². The molecule has 0 bridgehead atoms. The molecule has 25 heavy (non-hydrogen) atoms. The van der Waals surface area contributed by atoms with Crippen LogP contribution in [0.15, 0.2) is 30.3 Å². The van der Waals surface area contributed by atoms with Crippen LogP contribution in [0.4, 0.5) is 4.79 Å². The SMILES string of the molecule is CC(C)(C)OC(=O)NC(Cc1nn[nH]c1Cc1ccccc1)C(=O)O. The van der Waals surface area contributed by atoms with E-state index in [4.69, 9.17) is 4.74 Å². The van der Waals surface area contributed by atoms with Crippen molar-refractivity contribution in [3.63, 3.8) is 0 Å². The largest absolute Gasteiger partial charge is 0.480 e. The number of amides is 1. The van der Waals surface area contributed by atoms with E-state index in [0.717, 1.165) is 5.56 Å². The number of rotatable bonds is 6. The molecule has 2 rings (SSSR count). The summed E-state index contributed by atoms with van der Waals surface area (Å²) in [6, 6.07) is 8.51. The van der Waals surface area contributed by atoms with Gasteiger partial charge in [-0.3, -0.25) is 5.10 Å². The van der Waals surface area contributed by atoms with Gasteiger partial charge in [-0.05, 0) is 26.3 Å². The van der Waals surface area contributed by atoms with Crippen molar-refractivity contribution in [2.45, 2.75) is 45.3 Å². The average molecular weight is 346 g/mol. The first kappa shape index (κ1) is 18.4. The molecule has 0 saturated carbocycles. The van der Waals surface area contributed by atoms with E-state index in [2.05, 4.69) is 20.7 Å². The molecule has 1 heterocycles. The summed E-state index contributed by atoms with van der Waals surface area (Å²) < 4.78 is 5.11. The lowest BCUT2D eigenvalue weighted by atomic mass is 10.0. The van der Waals surface area contributed by atoms with Crippen LogP contribution in [0.3, 0.4) is 0 Å². The van der Waals surface area contributed by atoms with Gasteiger partial charge < -0.3 is 15.2 Å². The fourth-order valence-corrected chi connectivity index (χ4v) is 2.22. The van der Waals surface area contributed by atoms with E-state index in [1.165, 1.54) is 0 Å². The van der Waals surface area contributed by atoms with Crippen molar-refractivity contribution < 1.29 is 19.4 Å². The van der Waals surface area contributed by atoms with Gasteiger partial charge in [-0.15, -0.1) is 5.10 Å². The number of aliphatic carboxylic acids is 1. The summed E-state index contributed by atoms with van der Waals surface area (Å²) >= 11 is 0.